The minimum Gasteiger partial charge on any atom is -0.482 e. The number of para-hydroxylation sites is 4. The predicted octanol–water partition coefficient (Wildman–Crippen LogP) is 3.91. The summed E-state index contributed by atoms with van der Waals surface area (Å²) in [5, 5.41) is 3.00. The van der Waals surface area contributed by atoms with Crippen LogP contribution in [0.25, 0.3) is 11.0 Å². The zero-order valence-corrected chi connectivity index (χ0v) is 16.7. The summed E-state index contributed by atoms with van der Waals surface area (Å²) in [5.41, 5.74) is 2.65. The van der Waals surface area contributed by atoms with Gasteiger partial charge in [0.05, 0.1) is 16.7 Å². The van der Waals surface area contributed by atoms with E-state index in [9.17, 15) is 9.59 Å². The van der Waals surface area contributed by atoms with Crippen LogP contribution >= 0.6 is 0 Å². The van der Waals surface area contributed by atoms with Gasteiger partial charge >= 0.3 is 0 Å². The standard InChI is InChI=1S/C23H24N4O3/c28-21(13-14-26-19-11-5-6-12-20(19)30-15-22(26)29)25-23-24-17-9-3-4-10-18(17)27(23)16-7-1-2-8-16/h3-6,9-12,16H,1-2,7-8,13-15H2,(H,24,25,28). The van der Waals surface area contributed by atoms with Crippen LogP contribution in [0, 0.1) is 0 Å². The number of carbonyl (C=O) groups excluding carboxylic acids is 2. The van der Waals surface area contributed by atoms with Gasteiger partial charge in [-0.2, -0.15) is 0 Å². The molecule has 0 atom stereocenters. The van der Waals surface area contributed by atoms with Gasteiger partial charge in [-0.1, -0.05) is 37.1 Å². The fraction of sp³-hybridized carbons (Fsp3) is 0.348. The van der Waals surface area contributed by atoms with Crippen LogP contribution in [-0.4, -0.2) is 34.5 Å². The van der Waals surface area contributed by atoms with Gasteiger partial charge in [-0.3, -0.25) is 14.9 Å². The first-order valence-electron chi connectivity index (χ1n) is 10.5. The van der Waals surface area contributed by atoms with E-state index >= 15 is 0 Å². The van der Waals surface area contributed by atoms with E-state index in [1.807, 2.05) is 42.5 Å². The highest BCUT2D eigenvalue weighted by Gasteiger charge is 2.27. The lowest BCUT2D eigenvalue weighted by Gasteiger charge is -2.29. The monoisotopic (exact) mass is 404 g/mol. The lowest BCUT2D eigenvalue weighted by molar-refractivity contribution is -0.121. The zero-order chi connectivity index (χ0) is 20.5. The first kappa shape index (κ1) is 18.7. The number of hydrogen-bond acceptors (Lipinski definition) is 4. The molecule has 1 aromatic heterocycles. The number of benzene rings is 2. The second-order valence-electron chi connectivity index (χ2n) is 7.83. The van der Waals surface area contributed by atoms with Crippen molar-refractivity contribution in [2.45, 2.75) is 38.1 Å². The summed E-state index contributed by atoms with van der Waals surface area (Å²) >= 11 is 0. The Labute approximate surface area is 174 Å². The van der Waals surface area contributed by atoms with Crippen LogP contribution in [0.15, 0.2) is 48.5 Å². The molecule has 2 heterocycles. The fourth-order valence-electron chi connectivity index (χ4n) is 4.46. The summed E-state index contributed by atoms with van der Waals surface area (Å²) in [7, 11) is 0. The second kappa shape index (κ2) is 7.82. The lowest BCUT2D eigenvalue weighted by atomic mass is 10.2. The van der Waals surface area contributed by atoms with Crippen molar-refractivity contribution in [1.82, 2.24) is 9.55 Å². The van der Waals surface area contributed by atoms with Gasteiger partial charge in [0.15, 0.2) is 6.61 Å². The molecule has 1 aliphatic carbocycles. The van der Waals surface area contributed by atoms with Crippen LogP contribution in [0.4, 0.5) is 11.6 Å². The van der Waals surface area contributed by atoms with Gasteiger partial charge in [0.1, 0.15) is 5.75 Å². The SMILES string of the molecule is O=C(CCN1C(=O)COc2ccccc21)Nc1nc2ccccc2n1C1CCCC1. The number of nitrogens with zero attached hydrogens (tertiary/aromatic N) is 3. The molecule has 30 heavy (non-hydrogen) atoms. The molecular weight excluding hydrogens is 380 g/mol. The number of aromatic nitrogens is 2. The molecule has 0 bridgehead atoms. The molecule has 2 aliphatic rings. The van der Waals surface area contributed by atoms with Crippen LogP contribution in [0.2, 0.25) is 0 Å². The summed E-state index contributed by atoms with van der Waals surface area (Å²) in [5.74, 6) is 0.975. The van der Waals surface area contributed by atoms with Gasteiger partial charge < -0.3 is 14.2 Å². The molecule has 1 fully saturated rings. The minimum atomic E-state index is -0.152. The summed E-state index contributed by atoms with van der Waals surface area (Å²) in [4.78, 5) is 31.4. The number of rotatable bonds is 5. The maximum atomic E-state index is 12.8. The molecular formula is C23H24N4O3. The molecule has 0 unspecified atom stereocenters. The molecule has 1 aliphatic heterocycles. The summed E-state index contributed by atoms with van der Waals surface area (Å²) in [6.07, 6.45) is 4.78. The number of hydrogen-bond donors (Lipinski definition) is 1. The third-order valence-corrected chi connectivity index (χ3v) is 5.91. The molecule has 3 aromatic rings. The largest absolute Gasteiger partial charge is 0.482 e. The van der Waals surface area contributed by atoms with Crippen LogP contribution in [0.5, 0.6) is 5.75 Å². The molecule has 0 spiro atoms. The summed E-state index contributed by atoms with van der Waals surface area (Å²) in [6.45, 7) is 0.296. The maximum absolute atomic E-state index is 12.8. The van der Waals surface area contributed by atoms with E-state index in [4.69, 9.17) is 4.74 Å². The van der Waals surface area contributed by atoms with Crippen molar-refractivity contribution in [3.05, 3.63) is 48.5 Å². The minimum absolute atomic E-state index is 0.00386. The van der Waals surface area contributed by atoms with E-state index in [1.165, 1.54) is 12.8 Å². The third kappa shape index (κ3) is 3.40. The Morgan fingerprint density at radius 1 is 1.10 bits per heavy atom. The first-order valence-corrected chi connectivity index (χ1v) is 10.5. The molecule has 154 valence electrons. The summed E-state index contributed by atoms with van der Waals surface area (Å²) < 4.78 is 7.65. The fourth-order valence-corrected chi connectivity index (χ4v) is 4.46. The van der Waals surface area contributed by atoms with E-state index in [0.717, 1.165) is 23.9 Å². The Hall–Kier alpha value is -3.35. The van der Waals surface area contributed by atoms with Gasteiger partial charge in [-0.25, -0.2) is 4.98 Å². The van der Waals surface area contributed by atoms with Crippen molar-refractivity contribution >= 4 is 34.5 Å². The number of amides is 2. The number of carbonyl (C=O) groups is 2. The normalized spacial score (nSPS) is 16.5. The van der Waals surface area contributed by atoms with Crippen LogP contribution in [0.3, 0.4) is 0 Å². The average molecular weight is 404 g/mol. The van der Waals surface area contributed by atoms with E-state index in [2.05, 4.69) is 20.9 Å². The smallest absolute Gasteiger partial charge is 0.265 e. The van der Waals surface area contributed by atoms with Crippen molar-refractivity contribution in [3.63, 3.8) is 0 Å². The van der Waals surface area contributed by atoms with Gasteiger partial charge in [0.25, 0.3) is 5.91 Å². The third-order valence-electron chi connectivity index (χ3n) is 5.91. The van der Waals surface area contributed by atoms with Gasteiger partial charge in [-0.15, -0.1) is 0 Å². The lowest BCUT2D eigenvalue weighted by Crippen LogP contribution is -2.40. The van der Waals surface area contributed by atoms with Gasteiger partial charge in [0.2, 0.25) is 11.9 Å². The van der Waals surface area contributed by atoms with Crippen LogP contribution in [-0.2, 0) is 9.59 Å². The van der Waals surface area contributed by atoms with Crippen molar-refractivity contribution in [2.75, 3.05) is 23.4 Å². The first-order chi connectivity index (χ1) is 14.7. The predicted molar refractivity (Wildman–Crippen MR) is 115 cm³/mol. The van der Waals surface area contributed by atoms with E-state index in [-0.39, 0.29) is 24.8 Å². The Morgan fingerprint density at radius 2 is 1.87 bits per heavy atom. The zero-order valence-electron chi connectivity index (χ0n) is 16.7. The van der Waals surface area contributed by atoms with Gasteiger partial charge in [-0.05, 0) is 37.1 Å². The average Bonchev–Trinajstić information content (AvgIpc) is 3.40. The number of imidazole rings is 1. The van der Waals surface area contributed by atoms with Crippen molar-refractivity contribution in [2.24, 2.45) is 0 Å². The van der Waals surface area contributed by atoms with Crippen LogP contribution < -0.4 is 15.0 Å². The molecule has 0 radical (unpaired) electrons. The maximum Gasteiger partial charge on any atom is 0.265 e. The number of nitrogens with one attached hydrogen (secondary N) is 1. The molecule has 7 heteroatoms. The Balaban J connectivity index is 1.33. The molecule has 7 nitrogen and oxygen atoms in total. The molecule has 0 saturated heterocycles. The van der Waals surface area contributed by atoms with Gasteiger partial charge in [0, 0.05) is 19.0 Å². The quantitative estimate of drug-likeness (QED) is 0.700. The highest BCUT2D eigenvalue weighted by atomic mass is 16.5. The molecule has 2 amide bonds. The number of anilines is 2. The Kier molecular flexibility index (Phi) is 4.86. The van der Waals surface area contributed by atoms with Crippen LogP contribution in [0.1, 0.15) is 38.1 Å². The van der Waals surface area contributed by atoms with E-state index in [1.54, 1.807) is 4.90 Å². The second-order valence-corrected chi connectivity index (χ2v) is 7.83. The van der Waals surface area contributed by atoms with Crippen molar-refractivity contribution in [3.8, 4) is 5.75 Å². The number of fused-ring (bicyclic) bond motifs is 2. The van der Waals surface area contributed by atoms with Crippen molar-refractivity contribution in [1.29, 1.82) is 0 Å². The summed E-state index contributed by atoms with van der Waals surface area (Å²) in [6, 6.07) is 15.7. The molecule has 1 saturated carbocycles. The molecule has 2 aromatic carbocycles. The highest BCUT2D eigenvalue weighted by molar-refractivity contribution is 5.99. The van der Waals surface area contributed by atoms with E-state index < -0.39 is 0 Å². The van der Waals surface area contributed by atoms with Crippen molar-refractivity contribution < 1.29 is 14.3 Å². The number of ether oxygens (including phenoxy) is 1. The topological polar surface area (TPSA) is 76.5 Å². The molecule has 5 rings (SSSR count). The Morgan fingerprint density at radius 3 is 2.73 bits per heavy atom. The highest BCUT2D eigenvalue weighted by Crippen LogP contribution is 2.35. The molecule has 1 N–H and O–H groups in total. The Bertz CT molecular complexity index is 1100. The van der Waals surface area contributed by atoms with E-state index in [0.29, 0.717) is 30.0 Å².